The molecule has 3 aromatic carbocycles. The predicted octanol–water partition coefficient (Wildman–Crippen LogP) is 2.42. The van der Waals surface area contributed by atoms with Crippen molar-refractivity contribution in [3.8, 4) is 0 Å². The van der Waals surface area contributed by atoms with Gasteiger partial charge >= 0.3 is 99.2 Å². The first-order chi connectivity index (χ1) is 19.4. The fraction of sp³-hybridized carbons (Fsp3) is 0.275. The summed E-state index contributed by atoms with van der Waals surface area (Å²) in [4.78, 5) is 0. The molecular weight excluding hydrogens is 643 g/mol. The number of benzene rings is 3. The maximum absolute atomic E-state index is 3.83. The van der Waals surface area contributed by atoms with Crippen LogP contribution < -0.4 is 35.3 Å². The summed E-state index contributed by atoms with van der Waals surface area (Å²) in [5.74, 6) is 0. The molecule has 6 rings (SSSR count). The van der Waals surface area contributed by atoms with Crippen molar-refractivity contribution >= 4 is 14.9 Å². The minimum atomic E-state index is -0.00835. The average Bonchev–Trinajstić information content (AvgIpc) is 3.60. The summed E-state index contributed by atoms with van der Waals surface area (Å²) in [6.07, 6.45) is 16.4. The van der Waals surface area contributed by atoms with Gasteiger partial charge in [-0.1, -0.05) is 108 Å². The van der Waals surface area contributed by atoms with Gasteiger partial charge in [0.2, 0.25) is 0 Å². The van der Waals surface area contributed by atoms with E-state index in [-0.39, 0.29) is 41.1 Å². The van der Waals surface area contributed by atoms with E-state index in [0.717, 1.165) is 6.42 Å². The first-order valence-electron chi connectivity index (χ1n) is 14.7. The molecule has 1 unspecified atom stereocenters. The second-order valence-corrected chi connectivity index (χ2v) is 14.7. The van der Waals surface area contributed by atoms with E-state index in [1.54, 1.807) is 0 Å². The molecule has 3 aromatic rings. The van der Waals surface area contributed by atoms with Gasteiger partial charge in [-0.3, -0.25) is 0 Å². The number of rotatable bonds is 3. The van der Waals surface area contributed by atoms with Crippen LogP contribution in [0, 0.1) is 10.8 Å². The number of hydrogen-bond donors (Lipinski definition) is 0. The van der Waals surface area contributed by atoms with Crippen LogP contribution in [-0.2, 0) is 29.7 Å². The molecule has 0 amide bonds. The first kappa shape index (κ1) is 35.2. The van der Waals surface area contributed by atoms with Gasteiger partial charge in [0, 0.05) is 0 Å². The molecule has 0 bridgehead atoms. The van der Waals surface area contributed by atoms with Crippen LogP contribution in [0.1, 0.15) is 71.6 Å². The molecule has 1 atom stereocenters. The monoisotopic (exact) mass is 681 g/mol. The van der Waals surface area contributed by atoms with Crippen molar-refractivity contribution in [1.29, 1.82) is 0 Å². The molecule has 3 aliphatic rings. The molecule has 0 N–H and O–H groups in total. The third-order valence-electron chi connectivity index (χ3n) is 8.83. The Hall–Kier alpha value is -2.31. The third kappa shape index (κ3) is 7.17. The summed E-state index contributed by atoms with van der Waals surface area (Å²) in [6, 6.07) is 28.0. The zero-order chi connectivity index (χ0) is 29.4. The van der Waals surface area contributed by atoms with Gasteiger partial charge in [-0.15, -0.1) is 33.7 Å². The van der Waals surface area contributed by atoms with Crippen molar-refractivity contribution in [1.82, 2.24) is 0 Å². The van der Waals surface area contributed by atoms with Crippen molar-refractivity contribution in [2.24, 2.45) is 10.8 Å². The molecule has 0 fully saturated rings. The summed E-state index contributed by atoms with van der Waals surface area (Å²) < 4.78 is 1.42. The Morgan fingerprint density at radius 2 is 1.40 bits per heavy atom. The van der Waals surface area contributed by atoms with Crippen LogP contribution in [-0.4, -0.2) is 3.21 Å². The van der Waals surface area contributed by atoms with E-state index < -0.39 is 0 Å². The van der Waals surface area contributed by atoms with Gasteiger partial charge in [0.15, 0.2) is 0 Å². The molecule has 3 aliphatic carbocycles. The molecule has 0 aromatic heterocycles. The molecule has 3 heteroatoms. The Kier molecular flexibility index (Phi) is 11.3. The molecule has 0 radical (unpaired) electrons. The predicted molar refractivity (Wildman–Crippen MR) is 173 cm³/mol. The second-order valence-electron chi connectivity index (χ2n) is 13.5. The molecule has 0 saturated carbocycles. The van der Waals surface area contributed by atoms with E-state index >= 15 is 0 Å². The van der Waals surface area contributed by atoms with Gasteiger partial charge in [-0.2, -0.15) is 0 Å². The van der Waals surface area contributed by atoms with Gasteiger partial charge in [-0.05, 0) is 22.7 Å². The molecule has 0 spiro atoms. The van der Waals surface area contributed by atoms with Gasteiger partial charge in [0.05, 0.1) is 0 Å². The Labute approximate surface area is 286 Å². The van der Waals surface area contributed by atoms with Gasteiger partial charge in [-0.25, -0.2) is 0 Å². The molecule has 0 nitrogen and oxygen atoms in total. The van der Waals surface area contributed by atoms with Crippen LogP contribution in [0.3, 0.4) is 0 Å². The normalized spacial score (nSPS) is 18.3. The third-order valence-corrected chi connectivity index (χ3v) is 10.3. The zero-order valence-electron chi connectivity index (χ0n) is 26.4. The van der Waals surface area contributed by atoms with Crippen molar-refractivity contribution in [2.75, 3.05) is 0 Å². The fourth-order valence-electron chi connectivity index (χ4n) is 5.78. The fourth-order valence-corrected chi connectivity index (χ4v) is 6.60. The number of halogens is 2. The maximum atomic E-state index is 3.83. The molecule has 43 heavy (non-hydrogen) atoms. The Morgan fingerprint density at radius 1 is 0.814 bits per heavy atom. The molecule has 220 valence electrons. The Morgan fingerprint density at radius 3 is 1.88 bits per heavy atom. The van der Waals surface area contributed by atoms with Crippen LogP contribution >= 0.6 is 0 Å². The first-order valence-corrected chi connectivity index (χ1v) is 15.9. The Bertz CT molecular complexity index is 1680. The van der Waals surface area contributed by atoms with Crippen molar-refractivity contribution in [2.45, 2.75) is 60.3 Å². The van der Waals surface area contributed by atoms with E-state index in [1.807, 2.05) is 0 Å². The molecular formula is C40H41Cl2Zr-. The standard InChI is InChI=1S/C27H31.C13H10.2ClH.Zr/c1-25(2,3)20-12-13-21-19(16-20)17-23-22(21)14-15-27(7,26(4,5)6)24(23)18-10-8-9-11-18;1-3-7-12(8-4-1)11-13-9-5-2-6-10-13;;;/h8-10,12-16H,11H2,1-7H3;1-10H;2*1H;/q-1;;;;+2/p-2. The summed E-state index contributed by atoms with van der Waals surface area (Å²) in [6.45, 7) is 16.3. The SMILES string of the molecule is CC(C)(C)c1ccc2c(c1)=[C-]C1=C(C3=CC=CC3)C(C)(C(C)(C)C)C=CC=21.[Cl-].[Cl-].[Zr+2]=[C](c1ccccc1)c1ccccc1. The quantitative estimate of drug-likeness (QED) is 0.373. The van der Waals surface area contributed by atoms with E-state index in [0.29, 0.717) is 0 Å². The van der Waals surface area contributed by atoms with E-state index in [4.69, 9.17) is 0 Å². The number of fused-ring (bicyclic) bond motifs is 2. The van der Waals surface area contributed by atoms with Gasteiger partial charge in [0.25, 0.3) is 0 Å². The van der Waals surface area contributed by atoms with Crippen molar-refractivity contribution < 1.29 is 49.0 Å². The molecule has 0 heterocycles. The topological polar surface area (TPSA) is 0 Å². The van der Waals surface area contributed by atoms with Crippen LogP contribution in [0.4, 0.5) is 0 Å². The van der Waals surface area contributed by atoms with Crippen molar-refractivity contribution in [3.05, 3.63) is 153 Å². The van der Waals surface area contributed by atoms with Crippen LogP contribution in [0.2, 0.25) is 0 Å². The number of allylic oxidation sites excluding steroid dienone is 8. The minimum absolute atomic E-state index is 0. The van der Waals surface area contributed by atoms with Gasteiger partial charge in [0.1, 0.15) is 0 Å². The number of hydrogen-bond acceptors (Lipinski definition) is 0. The summed E-state index contributed by atoms with van der Waals surface area (Å²) in [5, 5.41) is 2.58. The van der Waals surface area contributed by atoms with Crippen molar-refractivity contribution in [3.63, 3.8) is 0 Å². The second kappa shape index (κ2) is 13.8. The van der Waals surface area contributed by atoms with E-state index in [2.05, 4.69) is 164 Å². The van der Waals surface area contributed by atoms with Crippen LogP contribution in [0.15, 0.2) is 126 Å². The van der Waals surface area contributed by atoms with Gasteiger partial charge < -0.3 is 24.8 Å². The van der Waals surface area contributed by atoms with Crippen LogP contribution in [0.5, 0.6) is 0 Å². The Balaban J connectivity index is 0.000000269. The zero-order valence-corrected chi connectivity index (χ0v) is 30.3. The summed E-state index contributed by atoms with van der Waals surface area (Å²) in [7, 11) is 0. The summed E-state index contributed by atoms with van der Waals surface area (Å²) in [5.41, 5.74) is 9.88. The van der Waals surface area contributed by atoms with E-state index in [9.17, 15) is 0 Å². The molecule has 0 saturated heterocycles. The average molecular weight is 684 g/mol. The van der Waals surface area contributed by atoms with Crippen LogP contribution in [0.25, 0.3) is 11.6 Å². The van der Waals surface area contributed by atoms with E-state index in [1.165, 1.54) is 76.9 Å². The molecule has 0 aliphatic heterocycles. The summed E-state index contributed by atoms with van der Waals surface area (Å²) >= 11 is 1.46.